The molecule has 0 aliphatic carbocycles. The smallest absolute Gasteiger partial charge is 0.250 e. The van der Waals surface area contributed by atoms with Gasteiger partial charge >= 0.3 is 0 Å². The molecule has 7 heteroatoms. The van der Waals surface area contributed by atoms with E-state index in [9.17, 15) is 14.4 Å². The van der Waals surface area contributed by atoms with Crippen LogP contribution in [-0.2, 0) is 19.9 Å². The average molecular weight is 472 g/mol. The van der Waals surface area contributed by atoms with Crippen LogP contribution in [0.2, 0.25) is 5.02 Å². The Morgan fingerprint density at radius 3 is 2.68 bits per heavy atom. The molecule has 7 rings (SSSR count). The maximum Gasteiger partial charge on any atom is 0.250 e. The number of carbonyl (C=O) groups excluding carboxylic acids is 3. The monoisotopic (exact) mass is 471 g/mol. The van der Waals surface area contributed by atoms with Crippen LogP contribution in [0.3, 0.4) is 0 Å². The molecular weight excluding hydrogens is 450 g/mol. The average Bonchev–Trinajstić information content (AvgIpc) is 3.53. The van der Waals surface area contributed by atoms with Crippen molar-refractivity contribution in [3.63, 3.8) is 0 Å². The molecule has 4 aliphatic rings. The molecule has 1 N–H and O–H groups in total. The van der Waals surface area contributed by atoms with E-state index in [-0.39, 0.29) is 23.8 Å². The van der Waals surface area contributed by atoms with E-state index in [2.05, 4.69) is 10.2 Å². The van der Waals surface area contributed by atoms with Crippen LogP contribution in [0.4, 0.5) is 11.4 Å². The summed E-state index contributed by atoms with van der Waals surface area (Å²) in [7, 11) is 0. The number of imide groups is 1. The molecule has 3 saturated heterocycles. The van der Waals surface area contributed by atoms with Crippen molar-refractivity contribution < 1.29 is 14.4 Å². The summed E-state index contributed by atoms with van der Waals surface area (Å²) in [5, 5.41) is 5.38. The molecule has 34 heavy (non-hydrogen) atoms. The minimum Gasteiger partial charge on any atom is -0.324 e. The fourth-order valence-electron chi connectivity index (χ4n) is 7.08. The zero-order chi connectivity index (χ0) is 23.4. The van der Waals surface area contributed by atoms with Crippen LogP contribution in [0.1, 0.15) is 24.0 Å². The normalized spacial score (nSPS) is 29.8. The lowest BCUT2D eigenvalue weighted by Gasteiger charge is -2.36. The number of aryl methyl sites for hydroxylation is 1. The van der Waals surface area contributed by atoms with Gasteiger partial charge in [-0.25, -0.2) is 4.90 Å². The standard InChI is InChI=1S/C27H22ClN3O3/c1-14-12-16(28)13-18-23(14)29-26(34)27(18)22-21(20-10-5-11-30(20)27)24(32)31(25(22)33)19-9-4-7-15-6-2-3-8-17(15)19/h2-4,6-9,12-13,20-22H,5,10-11H2,1H3,(H,29,34)/t20-,21+,22-,27+/m0/s1. The molecule has 6 nitrogen and oxygen atoms in total. The summed E-state index contributed by atoms with van der Waals surface area (Å²) in [5.74, 6) is -2.09. The van der Waals surface area contributed by atoms with Crippen molar-refractivity contribution in [3.8, 4) is 0 Å². The summed E-state index contributed by atoms with van der Waals surface area (Å²) in [4.78, 5) is 45.5. The summed E-state index contributed by atoms with van der Waals surface area (Å²) in [6.45, 7) is 2.58. The Hall–Kier alpha value is -3.22. The third-order valence-electron chi connectivity index (χ3n) is 8.27. The van der Waals surface area contributed by atoms with E-state index in [0.29, 0.717) is 22.9 Å². The van der Waals surface area contributed by atoms with Crippen molar-refractivity contribution in [2.75, 3.05) is 16.8 Å². The van der Waals surface area contributed by atoms with Gasteiger partial charge in [-0.2, -0.15) is 0 Å². The summed E-state index contributed by atoms with van der Waals surface area (Å²) in [5.41, 5.74) is 1.66. The number of rotatable bonds is 1. The number of benzene rings is 3. The highest BCUT2D eigenvalue weighted by atomic mass is 35.5. The fourth-order valence-corrected chi connectivity index (χ4v) is 7.35. The van der Waals surface area contributed by atoms with Crippen LogP contribution in [0.25, 0.3) is 10.8 Å². The molecule has 4 heterocycles. The molecule has 0 bridgehead atoms. The van der Waals surface area contributed by atoms with Crippen molar-refractivity contribution in [2.24, 2.45) is 11.8 Å². The van der Waals surface area contributed by atoms with Gasteiger partial charge in [-0.15, -0.1) is 0 Å². The number of hydrogen-bond acceptors (Lipinski definition) is 4. The number of hydrogen-bond donors (Lipinski definition) is 1. The topological polar surface area (TPSA) is 69.7 Å². The first kappa shape index (κ1) is 20.2. The molecule has 4 aliphatic heterocycles. The summed E-state index contributed by atoms with van der Waals surface area (Å²) in [6, 6.07) is 16.9. The maximum absolute atomic E-state index is 14.2. The summed E-state index contributed by atoms with van der Waals surface area (Å²) >= 11 is 6.46. The first-order valence-corrected chi connectivity index (χ1v) is 12.1. The van der Waals surface area contributed by atoms with Gasteiger partial charge in [0.25, 0.3) is 0 Å². The zero-order valence-electron chi connectivity index (χ0n) is 18.5. The molecule has 3 fully saturated rings. The van der Waals surface area contributed by atoms with Crippen LogP contribution < -0.4 is 10.2 Å². The van der Waals surface area contributed by atoms with Crippen molar-refractivity contribution in [1.82, 2.24) is 4.90 Å². The first-order valence-electron chi connectivity index (χ1n) is 11.7. The third-order valence-corrected chi connectivity index (χ3v) is 8.49. The predicted molar refractivity (Wildman–Crippen MR) is 130 cm³/mol. The minimum absolute atomic E-state index is 0.155. The molecule has 0 radical (unpaired) electrons. The highest BCUT2D eigenvalue weighted by molar-refractivity contribution is 6.31. The summed E-state index contributed by atoms with van der Waals surface area (Å²) < 4.78 is 0. The Balaban J connectivity index is 1.47. The SMILES string of the molecule is Cc1cc(Cl)cc2c1NC(=O)[C@]21[C@@H]2C(=O)N(c3cccc4ccccc34)C(=O)[C@@H]2[C@@H]2CCCN21. The molecule has 0 saturated carbocycles. The molecule has 3 amide bonds. The molecule has 4 atom stereocenters. The number of amides is 3. The van der Waals surface area contributed by atoms with Crippen LogP contribution in [0.15, 0.2) is 54.6 Å². The number of nitrogens with one attached hydrogen (secondary N) is 1. The number of fused-ring (bicyclic) bond motifs is 8. The Kier molecular flexibility index (Phi) is 3.96. The maximum atomic E-state index is 14.2. The van der Waals surface area contributed by atoms with Crippen LogP contribution in [0, 0.1) is 18.8 Å². The van der Waals surface area contributed by atoms with Gasteiger partial charge in [-0.1, -0.05) is 48.0 Å². The Bertz CT molecular complexity index is 1450. The van der Waals surface area contributed by atoms with Gasteiger partial charge in [0.2, 0.25) is 17.7 Å². The van der Waals surface area contributed by atoms with Crippen molar-refractivity contribution in [1.29, 1.82) is 0 Å². The lowest BCUT2D eigenvalue weighted by Crippen LogP contribution is -2.54. The van der Waals surface area contributed by atoms with E-state index < -0.39 is 17.4 Å². The molecule has 3 aromatic carbocycles. The third kappa shape index (κ3) is 2.23. The fraction of sp³-hybridized carbons (Fsp3) is 0.296. The van der Waals surface area contributed by atoms with Gasteiger partial charge in [-0.3, -0.25) is 19.3 Å². The van der Waals surface area contributed by atoms with E-state index in [1.165, 1.54) is 4.90 Å². The van der Waals surface area contributed by atoms with Gasteiger partial charge in [0, 0.05) is 27.7 Å². The van der Waals surface area contributed by atoms with Gasteiger partial charge in [0.1, 0.15) is 5.54 Å². The van der Waals surface area contributed by atoms with Crippen molar-refractivity contribution >= 4 is 51.5 Å². The zero-order valence-corrected chi connectivity index (χ0v) is 19.3. The first-order chi connectivity index (χ1) is 16.4. The number of carbonyl (C=O) groups is 3. The van der Waals surface area contributed by atoms with Crippen LogP contribution in [0.5, 0.6) is 0 Å². The van der Waals surface area contributed by atoms with Gasteiger partial charge in [0.05, 0.1) is 17.5 Å². The van der Waals surface area contributed by atoms with Crippen molar-refractivity contribution in [2.45, 2.75) is 31.3 Å². The lowest BCUT2D eigenvalue weighted by molar-refractivity contribution is -0.135. The Labute approximate surface area is 201 Å². The largest absolute Gasteiger partial charge is 0.324 e. The van der Waals surface area contributed by atoms with Crippen LogP contribution >= 0.6 is 11.6 Å². The molecule has 0 aromatic heterocycles. The van der Waals surface area contributed by atoms with E-state index in [1.807, 2.05) is 55.5 Å². The van der Waals surface area contributed by atoms with Gasteiger partial charge in [-0.05, 0) is 55.5 Å². The van der Waals surface area contributed by atoms with Crippen LogP contribution in [-0.4, -0.2) is 35.2 Å². The van der Waals surface area contributed by atoms with E-state index in [1.54, 1.807) is 6.07 Å². The number of nitrogens with zero attached hydrogens (tertiary/aromatic N) is 2. The Morgan fingerprint density at radius 1 is 1.03 bits per heavy atom. The molecular formula is C27H22ClN3O3. The van der Waals surface area contributed by atoms with E-state index in [0.717, 1.165) is 34.7 Å². The Morgan fingerprint density at radius 2 is 1.82 bits per heavy atom. The molecule has 0 unspecified atom stereocenters. The van der Waals surface area contributed by atoms with Crippen molar-refractivity contribution in [3.05, 3.63) is 70.7 Å². The second-order valence-corrected chi connectivity index (χ2v) is 10.2. The highest BCUT2D eigenvalue weighted by Gasteiger charge is 2.74. The molecule has 1 spiro atoms. The second kappa shape index (κ2) is 6.68. The molecule has 170 valence electrons. The van der Waals surface area contributed by atoms with E-state index in [4.69, 9.17) is 11.6 Å². The minimum atomic E-state index is -1.22. The predicted octanol–water partition coefficient (Wildman–Crippen LogP) is 4.23. The van der Waals surface area contributed by atoms with Gasteiger partial charge in [0.15, 0.2) is 0 Å². The van der Waals surface area contributed by atoms with E-state index >= 15 is 0 Å². The quantitative estimate of drug-likeness (QED) is 0.539. The van der Waals surface area contributed by atoms with Gasteiger partial charge < -0.3 is 5.32 Å². The highest BCUT2D eigenvalue weighted by Crippen LogP contribution is 2.61. The molecule has 3 aromatic rings. The second-order valence-electron chi connectivity index (χ2n) is 9.78. The number of anilines is 2. The number of halogens is 1. The summed E-state index contributed by atoms with van der Waals surface area (Å²) in [6.07, 6.45) is 1.67. The lowest BCUT2D eigenvalue weighted by atomic mass is 9.75.